The summed E-state index contributed by atoms with van der Waals surface area (Å²) < 4.78 is 3.20. The van der Waals surface area contributed by atoms with Crippen LogP contribution in [0.2, 0.25) is 0 Å². The van der Waals surface area contributed by atoms with Crippen LogP contribution in [0.1, 0.15) is 24.0 Å². The zero-order valence-electron chi connectivity index (χ0n) is 15.8. The first-order chi connectivity index (χ1) is 13.6. The Balaban J connectivity index is 1.69. The molecule has 0 spiro atoms. The Kier molecular flexibility index (Phi) is 5.60. The Morgan fingerprint density at radius 3 is 2.64 bits per heavy atom. The Hall–Kier alpha value is -2.43. The smallest absolute Gasteiger partial charge is 0.0945 e. The van der Waals surface area contributed by atoms with Crippen molar-refractivity contribution >= 4 is 26.7 Å². The van der Waals surface area contributed by atoms with Gasteiger partial charge in [0.2, 0.25) is 0 Å². The first-order valence-electron chi connectivity index (χ1n) is 9.61. The van der Waals surface area contributed by atoms with Crippen LogP contribution in [0, 0.1) is 0 Å². The lowest BCUT2D eigenvalue weighted by Crippen LogP contribution is -2.39. The normalized spacial score (nSPS) is 13.5. The molecule has 0 saturated carbocycles. The zero-order chi connectivity index (χ0) is 19.4. The fourth-order valence-electron chi connectivity index (χ4n) is 3.99. The van der Waals surface area contributed by atoms with Crippen LogP contribution in [0.25, 0.3) is 10.8 Å². The number of fused-ring (bicyclic) bond motifs is 1. The molecule has 1 atom stereocenters. The van der Waals surface area contributed by atoms with Gasteiger partial charge < -0.3 is 10.3 Å². The Labute approximate surface area is 174 Å². The van der Waals surface area contributed by atoms with Crippen LogP contribution in [0.4, 0.5) is 0 Å². The summed E-state index contributed by atoms with van der Waals surface area (Å²) in [6, 6.07) is 23.4. The molecule has 2 N–H and O–H groups in total. The number of halogens is 1. The van der Waals surface area contributed by atoms with E-state index < -0.39 is 5.54 Å². The average molecular weight is 434 g/mol. The minimum Gasteiger partial charge on any atom is -0.337 e. The highest BCUT2D eigenvalue weighted by Gasteiger charge is 2.29. The van der Waals surface area contributed by atoms with Gasteiger partial charge in [-0.2, -0.15) is 0 Å². The van der Waals surface area contributed by atoms with Crippen LogP contribution in [-0.4, -0.2) is 9.55 Å². The number of nitrogens with zero attached hydrogens (tertiary/aromatic N) is 2. The third kappa shape index (κ3) is 4.18. The fraction of sp³-hybridized carbons (Fsp3) is 0.208. The van der Waals surface area contributed by atoms with Gasteiger partial charge in [0.25, 0.3) is 0 Å². The van der Waals surface area contributed by atoms with Crippen LogP contribution in [0.15, 0.2) is 89.9 Å². The van der Waals surface area contributed by atoms with Crippen molar-refractivity contribution in [3.8, 4) is 0 Å². The summed E-state index contributed by atoms with van der Waals surface area (Å²) in [5.41, 5.74) is 9.19. The van der Waals surface area contributed by atoms with Crippen molar-refractivity contribution in [3.05, 3.63) is 101 Å². The van der Waals surface area contributed by atoms with Gasteiger partial charge in [-0.05, 0) is 53.3 Å². The van der Waals surface area contributed by atoms with E-state index in [0.717, 1.165) is 30.3 Å². The van der Waals surface area contributed by atoms with Crippen molar-refractivity contribution in [3.63, 3.8) is 0 Å². The quantitative estimate of drug-likeness (QED) is 0.407. The van der Waals surface area contributed by atoms with E-state index in [4.69, 9.17) is 5.73 Å². The number of aromatic nitrogens is 2. The van der Waals surface area contributed by atoms with E-state index in [1.165, 1.54) is 21.9 Å². The molecule has 0 aliphatic carbocycles. The molecular formula is C24H24BrN3. The monoisotopic (exact) mass is 433 g/mol. The van der Waals surface area contributed by atoms with E-state index in [9.17, 15) is 0 Å². The van der Waals surface area contributed by atoms with Gasteiger partial charge in [0.15, 0.2) is 0 Å². The molecular weight excluding hydrogens is 410 g/mol. The molecule has 1 unspecified atom stereocenters. The van der Waals surface area contributed by atoms with Crippen molar-refractivity contribution in [1.29, 1.82) is 0 Å². The molecule has 3 aromatic carbocycles. The van der Waals surface area contributed by atoms with Gasteiger partial charge in [-0.3, -0.25) is 0 Å². The highest BCUT2D eigenvalue weighted by molar-refractivity contribution is 9.10. The van der Waals surface area contributed by atoms with Crippen molar-refractivity contribution in [1.82, 2.24) is 9.55 Å². The molecule has 0 bridgehead atoms. The summed E-state index contributed by atoms with van der Waals surface area (Å²) in [6.45, 7) is 0.919. The predicted octanol–water partition coefficient (Wildman–Crippen LogP) is 5.68. The first kappa shape index (κ1) is 18.9. The number of nitrogens with two attached hydrogens (primary N) is 1. The van der Waals surface area contributed by atoms with E-state index >= 15 is 0 Å². The minimum atomic E-state index is -0.442. The molecule has 28 heavy (non-hydrogen) atoms. The van der Waals surface area contributed by atoms with Crippen molar-refractivity contribution in [2.24, 2.45) is 5.73 Å². The summed E-state index contributed by atoms with van der Waals surface area (Å²) in [5.74, 6) is 0. The molecule has 3 nitrogen and oxygen atoms in total. The highest BCUT2D eigenvalue weighted by atomic mass is 79.9. The molecule has 4 aromatic rings. The molecule has 0 saturated heterocycles. The Bertz CT molecular complexity index is 1050. The van der Waals surface area contributed by atoms with E-state index in [-0.39, 0.29) is 0 Å². The van der Waals surface area contributed by atoms with E-state index in [0.29, 0.717) is 0 Å². The Morgan fingerprint density at radius 2 is 1.82 bits per heavy atom. The molecule has 0 fully saturated rings. The van der Waals surface area contributed by atoms with Gasteiger partial charge in [0.1, 0.15) is 0 Å². The van der Waals surface area contributed by atoms with Crippen molar-refractivity contribution in [2.75, 3.05) is 0 Å². The third-order valence-electron chi connectivity index (χ3n) is 5.33. The summed E-state index contributed by atoms with van der Waals surface area (Å²) in [5, 5.41) is 2.48. The molecule has 1 heterocycles. The van der Waals surface area contributed by atoms with E-state index in [1.54, 1.807) is 0 Å². The number of imidazole rings is 1. The maximum Gasteiger partial charge on any atom is 0.0945 e. The van der Waals surface area contributed by atoms with E-state index in [1.807, 2.05) is 18.7 Å². The standard InChI is InChI=1S/C24H24BrN3/c25-21-9-3-6-19(16-21)17-24(26,12-5-14-28-15-13-27-18-28)23-11-4-8-20-7-1-2-10-22(20)23/h1-4,6-11,13,15-16,18H,5,12,14,17,26H2. The van der Waals surface area contributed by atoms with Crippen LogP contribution in [0.3, 0.4) is 0 Å². The fourth-order valence-corrected chi connectivity index (χ4v) is 4.43. The average Bonchev–Trinajstić information content (AvgIpc) is 3.21. The van der Waals surface area contributed by atoms with Gasteiger partial charge in [-0.15, -0.1) is 0 Å². The second kappa shape index (κ2) is 8.29. The van der Waals surface area contributed by atoms with Crippen LogP contribution in [0.5, 0.6) is 0 Å². The van der Waals surface area contributed by atoms with Crippen LogP contribution < -0.4 is 5.73 Å². The topological polar surface area (TPSA) is 43.8 Å². The SMILES string of the molecule is NC(CCCn1ccnc1)(Cc1cccc(Br)c1)c1cccc2ccccc12. The molecule has 4 heteroatoms. The largest absolute Gasteiger partial charge is 0.337 e. The lowest BCUT2D eigenvalue weighted by atomic mass is 9.79. The summed E-state index contributed by atoms with van der Waals surface area (Å²) in [4.78, 5) is 4.14. The second-order valence-corrected chi connectivity index (χ2v) is 8.31. The van der Waals surface area contributed by atoms with Crippen molar-refractivity contribution in [2.45, 2.75) is 31.3 Å². The predicted molar refractivity (Wildman–Crippen MR) is 119 cm³/mol. The Morgan fingerprint density at radius 1 is 1.00 bits per heavy atom. The van der Waals surface area contributed by atoms with Gasteiger partial charge in [-0.25, -0.2) is 4.98 Å². The van der Waals surface area contributed by atoms with Gasteiger partial charge in [0, 0.05) is 29.0 Å². The highest BCUT2D eigenvalue weighted by Crippen LogP contribution is 2.34. The van der Waals surface area contributed by atoms with Gasteiger partial charge in [-0.1, -0.05) is 70.5 Å². The number of hydrogen-bond acceptors (Lipinski definition) is 2. The molecule has 0 radical (unpaired) electrons. The second-order valence-electron chi connectivity index (χ2n) is 7.39. The molecule has 0 aliphatic rings. The number of benzene rings is 3. The summed E-state index contributed by atoms with van der Waals surface area (Å²) in [6.07, 6.45) is 8.37. The van der Waals surface area contributed by atoms with Crippen LogP contribution in [-0.2, 0) is 18.5 Å². The van der Waals surface area contributed by atoms with Crippen molar-refractivity contribution < 1.29 is 0 Å². The molecule has 142 valence electrons. The molecule has 0 amide bonds. The molecule has 1 aromatic heterocycles. The maximum absolute atomic E-state index is 7.17. The van der Waals surface area contributed by atoms with E-state index in [2.05, 4.69) is 92.2 Å². The first-order valence-corrected chi connectivity index (χ1v) is 10.4. The number of aryl methyl sites for hydroxylation is 1. The zero-order valence-corrected chi connectivity index (χ0v) is 17.3. The summed E-state index contributed by atoms with van der Waals surface area (Å²) >= 11 is 3.59. The minimum absolute atomic E-state index is 0.442. The maximum atomic E-state index is 7.17. The number of hydrogen-bond donors (Lipinski definition) is 1. The molecule has 0 aliphatic heterocycles. The third-order valence-corrected chi connectivity index (χ3v) is 5.83. The van der Waals surface area contributed by atoms with Gasteiger partial charge >= 0.3 is 0 Å². The van der Waals surface area contributed by atoms with Crippen LogP contribution >= 0.6 is 15.9 Å². The lowest BCUT2D eigenvalue weighted by molar-refractivity contribution is 0.382. The lowest BCUT2D eigenvalue weighted by Gasteiger charge is -2.32. The number of rotatable bonds is 7. The summed E-state index contributed by atoms with van der Waals surface area (Å²) in [7, 11) is 0. The molecule has 4 rings (SSSR count). The van der Waals surface area contributed by atoms with Gasteiger partial charge in [0.05, 0.1) is 6.33 Å².